The lowest BCUT2D eigenvalue weighted by molar-refractivity contribution is 0.0706. The molecule has 7 nitrogen and oxygen atoms in total. The molecule has 2 rings (SSSR count). The van der Waals surface area contributed by atoms with E-state index in [9.17, 15) is 9.59 Å². The van der Waals surface area contributed by atoms with E-state index in [4.69, 9.17) is 5.21 Å². The molecule has 0 aromatic carbocycles. The first kappa shape index (κ1) is 16.4. The van der Waals surface area contributed by atoms with Crippen molar-refractivity contribution >= 4 is 11.9 Å². The van der Waals surface area contributed by atoms with Crippen molar-refractivity contribution in [2.24, 2.45) is 0 Å². The molecule has 0 spiro atoms. The maximum Gasteiger partial charge on any atom is 0.318 e. The fourth-order valence-electron chi connectivity index (χ4n) is 2.79. The number of hydrogen-bond acceptors (Lipinski definition) is 3. The van der Waals surface area contributed by atoms with E-state index in [1.165, 1.54) is 0 Å². The average Bonchev–Trinajstić information content (AvgIpc) is 2.87. The number of nitrogens with one attached hydrogen (secondary N) is 2. The maximum atomic E-state index is 12.5. The molecule has 1 aromatic rings. The zero-order valence-electron chi connectivity index (χ0n) is 13.5. The Labute approximate surface area is 130 Å². The molecule has 0 saturated heterocycles. The molecule has 22 heavy (non-hydrogen) atoms. The topological polar surface area (TPSA) is 86.6 Å². The van der Waals surface area contributed by atoms with Crippen LogP contribution in [0.5, 0.6) is 0 Å². The van der Waals surface area contributed by atoms with E-state index in [1.54, 1.807) is 22.6 Å². The molecule has 122 valence electrons. The molecule has 0 bridgehead atoms. The predicted molar refractivity (Wildman–Crippen MR) is 81.7 cm³/mol. The van der Waals surface area contributed by atoms with Crippen molar-refractivity contribution in [1.82, 2.24) is 20.3 Å². The lowest BCUT2D eigenvalue weighted by Gasteiger charge is -2.38. The van der Waals surface area contributed by atoms with Gasteiger partial charge in [-0.1, -0.05) is 6.92 Å². The zero-order chi connectivity index (χ0) is 16.5. The molecule has 0 saturated carbocycles. The van der Waals surface area contributed by atoms with E-state index in [2.05, 4.69) is 5.32 Å². The number of urea groups is 1. The smallest absolute Gasteiger partial charge is 0.318 e. The summed E-state index contributed by atoms with van der Waals surface area (Å²) in [4.78, 5) is 25.8. The number of carbonyl (C=O) groups excluding carboxylic acids is 2. The van der Waals surface area contributed by atoms with Gasteiger partial charge < -0.3 is 14.8 Å². The molecule has 1 unspecified atom stereocenters. The number of hydrogen-bond donors (Lipinski definition) is 3. The fraction of sp³-hybridized carbons (Fsp3) is 0.600. The average molecular weight is 308 g/mol. The van der Waals surface area contributed by atoms with Gasteiger partial charge in [0.25, 0.3) is 5.91 Å². The highest BCUT2D eigenvalue weighted by Gasteiger charge is 2.32. The summed E-state index contributed by atoms with van der Waals surface area (Å²) in [7, 11) is 0. The Morgan fingerprint density at radius 3 is 2.59 bits per heavy atom. The molecule has 0 radical (unpaired) electrons. The highest BCUT2D eigenvalue weighted by Crippen LogP contribution is 2.30. The summed E-state index contributed by atoms with van der Waals surface area (Å²) in [5.41, 5.74) is 2.66. The van der Waals surface area contributed by atoms with Crippen LogP contribution in [0.25, 0.3) is 0 Å². The Hall–Kier alpha value is -2.02. The van der Waals surface area contributed by atoms with Gasteiger partial charge in [0, 0.05) is 30.5 Å². The Bertz CT molecular complexity index is 574. The largest absolute Gasteiger partial charge is 0.347 e. The fourth-order valence-corrected chi connectivity index (χ4v) is 2.79. The number of amides is 3. The van der Waals surface area contributed by atoms with Gasteiger partial charge in [0.05, 0.1) is 11.6 Å². The lowest BCUT2D eigenvalue weighted by Crippen LogP contribution is -2.52. The molecule has 0 aliphatic carbocycles. The van der Waals surface area contributed by atoms with Crippen LogP contribution in [0.1, 0.15) is 56.2 Å². The van der Waals surface area contributed by atoms with Gasteiger partial charge in [-0.15, -0.1) is 0 Å². The van der Waals surface area contributed by atoms with Gasteiger partial charge in [0.1, 0.15) is 0 Å². The summed E-state index contributed by atoms with van der Waals surface area (Å²) in [5.74, 6) is -0.539. The summed E-state index contributed by atoms with van der Waals surface area (Å²) in [6.45, 7) is 9.06. The first-order valence-corrected chi connectivity index (χ1v) is 7.50. The van der Waals surface area contributed by atoms with Crippen molar-refractivity contribution < 1.29 is 14.8 Å². The number of rotatable bonds is 2. The third-order valence-corrected chi connectivity index (χ3v) is 3.72. The molecule has 1 aliphatic rings. The van der Waals surface area contributed by atoms with Crippen LogP contribution >= 0.6 is 0 Å². The second-order valence-electron chi connectivity index (χ2n) is 6.59. The van der Waals surface area contributed by atoms with Crippen LogP contribution in [-0.2, 0) is 6.54 Å². The standard InChI is InChI=1S/C15H24N4O3/c1-5-11-12-8-10(13(20)17-22)9-18(12)6-7-19(11)14(21)16-15(2,3)4/h8-9,11,22H,5-7H2,1-4H3,(H,16,21)(H,17,20). The Morgan fingerprint density at radius 2 is 2.05 bits per heavy atom. The number of aromatic nitrogens is 1. The van der Waals surface area contributed by atoms with Crippen molar-refractivity contribution in [1.29, 1.82) is 0 Å². The molecular formula is C15H24N4O3. The second kappa shape index (κ2) is 6.00. The van der Waals surface area contributed by atoms with Gasteiger partial charge >= 0.3 is 6.03 Å². The summed E-state index contributed by atoms with van der Waals surface area (Å²) in [6.07, 6.45) is 2.46. The normalized spacial score (nSPS) is 17.9. The van der Waals surface area contributed by atoms with E-state index in [0.717, 1.165) is 12.1 Å². The second-order valence-corrected chi connectivity index (χ2v) is 6.59. The summed E-state index contributed by atoms with van der Waals surface area (Å²) in [6, 6.07) is 1.55. The Morgan fingerprint density at radius 1 is 1.36 bits per heavy atom. The zero-order valence-corrected chi connectivity index (χ0v) is 13.5. The minimum atomic E-state index is -0.539. The molecule has 1 aliphatic heterocycles. The van der Waals surface area contributed by atoms with Gasteiger partial charge in [0.2, 0.25) is 0 Å². The molecule has 3 amide bonds. The number of carbonyl (C=O) groups is 2. The molecule has 1 atom stereocenters. The first-order chi connectivity index (χ1) is 10.3. The van der Waals surface area contributed by atoms with Crippen LogP contribution in [0.4, 0.5) is 4.79 Å². The van der Waals surface area contributed by atoms with Gasteiger partial charge in [-0.05, 0) is 33.3 Å². The molecule has 0 fully saturated rings. The number of nitrogens with zero attached hydrogens (tertiary/aromatic N) is 2. The van der Waals surface area contributed by atoms with Gasteiger partial charge in [-0.3, -0.25) is 10.0 Å². The van der Waals surface area contributed by atoms with Gasteiger partial charge in [-0.25, -0.2) is 10.3 Å². The molecule has 7 heteroatoms. The van der Waals surface area contributed by atoms with Crippen molar-refractivity contribution in [3.63, 3.8) is 0 Å². The van der Waals surface area contributed by atoms with Crippen molar-refractivity contribution in [3.8, 4) is 0 Å². The monoisotopic (exact) mass is 308 g/mol. The van der Waals surface area contributed by atoms with E-state index in [-0.39, 0.29) is 17.6 Å². The SMILES string of the molecule is CCC1c2cc(C(=O)NO)cn2CCN1C(=O)NC(C)(C)C. The molecular weight excluding hydrogens is 284 g/mol. The van der Waals surface area contributed by atoms with Crippen LogP contribution in [0.15, 0.2) is 12.3 Å². The summed E-state index contributed by atoms with van der Waals surface area (Å²) >= 11 is 0. The van der Waals surface area contributed by atoms with E-state index in [1.807, 2.05) is 32.3 Å². The molecule has 1 aromatic heterocycles. The lowest BCUT2D eigenvalue weighted by atomic mass is 10.1. The first-order valence-electron chi connectivity index (χ1n) is 7.50. The van der Waals surface area contributed by atoms with Crippen molar-refractivity contribution in [2.75, 3.05) is 6.54 Å². The van der Waals surface area contributed by atoms with E-state index >= 15 is 0 Å². The van der Waals surface area contributed by atoms with Crippen LogP contribution in [0.3, 0.4) is 0 Å². The Balaban J connectivity index is 2.26. The quantitative estimate of drug-likeness (QED) is 0.576. The minimum Gasteiger partial charge on any atom is -0.347 e. The number of fused-ring (bicyclic) bond motifs is 1. The number of hydroxylamine groups is 1. The third-order valence-electron chi connectivity index (χ3n) is 3.72. The van der Waals surface area contributed by atoms with Gasteiger partial charge in [0.15, 0.2) is 0 Å². The minimum absolute atomic E-state index is 0.0867. The van der Waals surface area contributed by atoms with Crippen LogP contribution in [-0.4, -0.2) is 38.7 Å². The van der Waals surface area contributed by atoms with Crippen molar-refractivity contribution in [2.45, 2.75) is 52.2 Å². The summed E-state index contributed by atoms with van der Waals surface area (Å²) in [5, 5.41) is 11.7. The van der Waals surface area contributed by atoms with Crippen LogP contribution < -0.4 is 10.8 Å². The highest BCUT2D eigenvalue weighted by atomic mass is 16.5. The highest BCUT2D eigenvalue weighted by molar-refractivity contribution is 5.93. The van der Waals surface area contributed by atoms with Crippen LogP contribution in [0.2, 0.25) is 0 Å². The Kier molecular flexibility index (Phi) is 4.46. The molecule has 2 heterocycles. The third kappa shape index (κ3) is 3.24. The predicted octanol–water partition coefficient (Wildman–Crippen LogP) is 1.88. The summed E-state index contributed by atoms with van der Waals surface area (Å²) < 4.78 is 1.97. The van der Waals surface area contributed by atoms with Crippen molar-refractivity contribution in [3.05, 3.63) is 23.5 Å². The van der Waals surface area contributed by atoms with E-state index < -0.39 is 5.91 Å². The van der Waals surface area contributed by atoms with E-state index in [0.29, 0.717) is 18.7 Å². The van der Waals surface area contributed by atoms with Crippen LogP contribution in [0, 0.1) is 0 Å². The van der Waals surface area contributed by atoms with Gasteiger partial charge in [-0.2, -0.15) is 0 Å². The molecule has 3 N–H and O–H groups in total. The maximum absolute atomic E-state index is 12.5.